The molecule has 8 heteroatoms. The number of sulfone groups is 1. The lowest BCUT2D eigenvalue weighted by Crippen LogP contribution is -2.60. The van der Waals surface area contributed by atoms with Crippen molar-refractivity contribution in [1.29, 1.82) is 0 Å². The Hall–Kier alpha value is -0.0900. The topological polar surface area (TPSA) is 73.8 Å². The number of nitrogens with one attached hydrogen (secondary N) is 2. The number of aliphatic imine (C=N–C) groups is 1. The molecular weight excluding hydrogens is 463 g/mol. The first-order valence-corrected chi connectivity index (χ1v) is 11.3. The Morgan fingerprint density at radius 1 is 1.19 bits per heavy atom. The van der Waals surface area contributed by atoms with Crippen LogP contribution in [0.25, 0.3) is 0 Å². The fourth-order valence-corrected chi connectivity index (χ4v) is 5.99. The number of hydrogen-bond donors (Lipinski definition) is 2. The van der Waals surface area contributed by atoms with Crippen LogP contribution in [0.5, 0.6) is 0 Å². The molecule has 1 spiro atoms. The van der Waals surface area contributed by atoms with E-state index < -0.39 is 14.6 Å². The molecule has 2 N–H and O–H groups in total. The molecule has 6 nitrogen and oxygen atoms in total. The van der Waals surface area contributed by atoms with Gasteiger partial charge in [-0.1, -0.05) is 19.3 Å². The molecule has 0 amide bonds. The molecule has 1 aliphatic heterocycles. The van der Waals surface area contributed by atoms with Crippen molar-refractivity contribution in [3.05, 3.63) is 0 Å². The number of guanidine groups is 1. The van der Waals surface area contributed by atoms with Crippen LogP contribution in [0, 0.1) is 0 Å². The van der Waals surface area contributed by atoms with Crippen LogP contribution in [0.15, 0.2) is 4.99 Å². The third-order valence-corrected chi connectivity index (χ3v) is 7.77. The first-order chi connectivity index (χ1) is 11.7. The van der Waals surface area contributed by atoms with Gasteiger partial charge in [0.1, 0.15) is 0 Å². The molecule has 2 rings (SSSR count). The Bertz CT molecular complexity index is 566. The van der Waals surface area contributed by atoms with Crippen LogP contribution >= 0.6 is 24.0 Å². The third-order valence-electron chi connectivity index (χ3n) is 5.20. The normalized spacial score (nSPS) is 22.8. The van der Waals surface area contributed by atoms with Crippen LogP contribution in [-0.2, 0) is 9.84 Å². The second-order valence-electron chi connectivity index (χ2n) is 8.40. The maximum atomic E-state index is 12.8. The van der Waals surface area contributed by atoms with Crippen LogP contribution in [0.3, 0.4) is 0 Å². The van der Waals surface area contributed by atoms with E-state index in [0.717, 1.165) is 51.2 Å². The second-order valence-corrected chi connectivity index (χ2v) is 10.9. The Labute approximate surface area is 176 Å². The highest BCUT2D eigenvalue weighted by molar-refractivity contribution is 14.0. The predicted octanol–water partition coefficient (Wildman–Crippen LogP) is 2.39. The highest BCUT2D eigenvalue weighted by Crippen LogP contribution is 2.38. The van der Waals surface area contributed by atoms with Gasteiger partial charge in [-0.2, -0.15) is 0 Å². The van der Waals surface area contributed by atoms with Gasteiger partial charge in [-0.15, -0.1) is 24.0 Å². The fraction of sp³-hybridized carbons (Fsp3) is 0.944. The molecule has 0 aromatic rings. The third kappa shape index (κ3) is 6.22. The van der Waals surface area contributed by atoms with Crippen molar-refractivity contribution in [2.75, 3.05) is 38.5 Å². The molecule has 0 atom stereocenters. The standard InChI is InChI=1S/C18H36N4O2S.HI/c1-5-19-16(20-11-12-21-17(2,3)4)22-13-14-25(23,24)18(15-22)9-7-6-8-10-18;/h21H,5-15H2,1-4H3,(H,19,20);1H. The summed E-state index contributed by atoms with van der Waals surface area (Å²) < 4.78 is 25.0. The summed E-state index contributed by atoms with van der Waals surface area (Å²) in [5, 5.41) is 6.80. The van der Waals surface area contributed by atoms with E-state index in [1.165, 1.54) is 0 Å². The first-order valence-electron chi connectivity index (χ1n) is 9.70. The maximum Gasteiger partial charge on any atom is 0.194 e. The monoisotopic (exact) mass is 500 g/mol. The van der Waals surface area contributed by atoms with Crippen molar-refractivity contribution >= 4 is 39.8 Å². The number of hydrogen-bond acceptors (Lipinski definition) is 4. The molecular formula is C18H37IN4O2S. The highest BCUT2D eigenvalue weighted by Gasteiger charge is 2.48. The minimum atomic E-state index is -3.01. The average molecular weight is 500 g/mol. The van der Waals surface area contributed by atoms with E-state index in [1.807, 2.05) is 0 Å². The van der Waals surface area contributed by atoms with E-state index in [0.29, 0.717) is 19.6 Å². The largest absolute Gasteiger partial charge is 0.357 e. The second kappa shape index (κ2) is 9.91. The van der Waals surface area contributed by atoms with Crippen molar-refractivity contribution in [1.82, 2.24) is 15.5 Å². The fourth-order valence-electron chi connectivity index (χ4n) is 3.84. The smallest absolute Gasteiger partial charge is 0.194 e. The lowest BCUT2D eigenvalue weighted by molar-refractivity contribution is 0.274. The quantitative estimate of drug-likeness (QED) is 0.269. The van der Waals surface area contributed by atoms with Gasteiger partial charge in [0.25, 0.3) is 0 Å². The van der Waals surface area contributed by atoms with Gasteiger partial charge in [-0.05, 0) is 40.5 Å². The van der Waals surface area contributed by atoms with Gasteiger partial charge < -0.3 is 15.5 Å². The van der Waals surface area contributed by atoms with Crippen LogP contribution in [0.1, 0.15) is 59.8 Å². The summed E-state index contributed by atoms with van der Waals surface area (Å²) in [6.45, 7) is 11.9. The van der Waals surface area contributed by atoms with Gasteiger partial charge >= 0.3 is 0 Å². The average Bonchev–Trinajstić information content (AvgIpc) is 2.53. The lowest BCUT2D eigenvalue weighted by Gasteiger charge is -2.45. The molecule has 154 valence electrons. The molecule has 1 saturated carbocycles. The van der Waals surface area contributed by atoms with Gasteiger partial charge in [0, 0.05) is 31.7 Å². The van der Waals surface area contributed by atoms with Crippen molar-refractivity contribution in [3.63, 3.8) is 0 Å². The molecule has 1 heterocycles. The molecule has 1 aliphatic carbocycles. The predicted molar refractivity (Wildman–Crippen MR) is 120 cm³/mol. The number of rotatable bonds is 4. The molecule has 1 saturated heterocycles. The van der Waals surface area contributed by atoms with E-state index in [9.17, 15) is 8.42 Å². The molecule has 0 aromatic heterocycles. The first kappa shape index (κ1) is 23.9. The van der Waals surface area contributed by atoms with E-state index in [-0.39, 0.29) is 35.3 Å². The SMILES string of the molecule is CCNC(=NCCNC(C)(C)C)N1CCS(=O)(=O)C2(CCCCC2)C1.I. The van der Waals surface area contributed by atoms with E-state index in [4.69, 9.17) is 4.99 Å². The molecule has 0 aromatic carbocycles. The van der Waals surface area contributed by atoms with Gasteiger partial charge in [-0.3, -0.25) is 4.99 Å². The Morgan fingerprint density at radius 3 is 2.42 bits per heavy atom. The Morgan fingerprint density at radius 2 is 1.85 bits per heavy atom. The zero-order valence-electron chi connectivity index (χ0n) is 16.8. The van der Waals surface area contributed by atoms with Crippen LogP contribution < -0.4 is 10.6 Å². The van der Waals surface area contributed by atoms with Crippen molar-refractivity contribution in [3.8, 4) is 0 Å². The summed E-state index contributed by atoms with van der Waals surface area (Å²) in [6.07, 6.45) is 4.81. The van der Waals surface area contributed by atoms with Crippen LogP contribution in [0.4, 0.5) is 0 Å². The minimum Gasteiger partial charge on any atom is -0.357 e. The number of nitrogens with zero attached hydrogens (tertiary/aromatic N) is 2. The zero-order chi connectivity index (χ0) is 18.6. The van der Waals surface area contributed by atoms with E-state index >= 15 is 0 Å². The minimum absolute atomic E-state index is 0. The van der Waals surface area contributed by atoms with Crippen LogP contribution in [0.2, 0.25) is 0 Å². The summed E-state index contributed by atoms with van der Waals surface area (Å²) in [6, 6.07) is 0. The molecule has 2 fully saturated rings. The molecule has 2 aliphatic rings. The summed E-state index contributed by atoms with van der Waals surface area (Å²) >= 11 is 0. The van der Waals surface area contributed by atoms with E-state index in [2.05, 4.69) is 43.2 Å². The van der Waals surface area contributed by atoms with E-state index in [1.54, 1.807) is 0 Å². The van der Waals surface area contributed by atoms with Gasteiger partial charge in [0.05, 0.1) is 17.0 Å². The molecule has 0 unspecified atom stereocenters. The lowest BCUT2D eigenvalue weighted by atomic mass is 9.87. The van der Waals surface area contributed by atoms with Crippen molar-refractivity contribution in [2.24, 2.45) is 4.99 Å². The highest BCUT2D eigenvalue weighted by atomic mass is 127. The molecule has 0 radical (unpaired) electrons. The summed E-state index contributed by atoms with van der Waals surface area (Å²) in [4.78, 5) is 6.91. The molecule has 26 heavy (non-hydrogen) atoms. The maximum absolute atomic E-state index is 12.8. The van der Waals surface area contributed by atoms with Gasteiger partial charge in [0.2, 0.25) is 0 Å². The number of halogens is 1. The van der Waals surface area contributed by atoms with Gasteiger partial charge in [-0.25, -0.2) is 8.42 Å². The Kier molecular flexibility index (Phi) is 9.13. The zero-order valence-corrected chi connectivity index (χ0v) is 20.0. The van der Waals surface area contributed by atoms with Crippen LogP contribution in [-0.4, -0.2) is 68.0 Å². The summed E-state index contributed by atoms with van der Waals surface area (Å²) in [5.74, 6) is 1.11. The molecule has 0 bridgehead atoms. The van der Waals surface area contributed by atoms with Crippen molar-refractivity contribution in [2.45, 2.75) is 70.1 Å². The van der Waals surface area contributed by atoms with Crippen molar-refractivity contribution < 1.29 is 8.42 Å². The van der Waals surface area contributed by atoms with Gasteiger partial charge in [0.15, 0.2) is 15.8 Å². The summed E-state index contributed by atoms with van der Waals surface area (Å²) in [5.41, 5.74) is 0.0826. The summed E-state index contributed by atoms with van der Waals surface area (Å²) in [7, 11) is -3.01. The Balaban J connectivity index is 0.00000338.